The Hall–Kier alpha value is -1.65. The van der Waals surface area contributed by atoms with Gasteiger partial charge in [-0.1, -0.05) is 6.92 Å². The number of rotatable bonds is 0. The molecule has 2 nitrogen and oxygen atoms in total. The van der Waals surface area contributed by atoms with Crippen molar-refractivity contribution in [2.45, 2.75) is 6.92 Å². The summed E-state index contributed by atoms with van der Waals surface area (Å²) < 4.78 is 38.8. The lowest BCUT2D eigenvalue weighted by Crippen LogP contribution is -2.17. The quantitative estimate of drug-likeness (QED) is 0.609. The van der Waals surface area contributed by atoms with Gasteiger partial charge in [0.05, 0.1) is 11.5 Å². The predicted molar refractivity (Wildman–Crippen MR) is 48.0 cm³/mol. The molecule has 0 fully saturated rings. The molecule has 1 aromatic rings. The van der Waals surface area contributed by atoms with E-state index in [0.29, 0.717) is 6.07 Å². The van der Waals surface area contributed by atoms with Crippen LogP contribution in [0.15, 0.2) is 11.1 Å². The van der Waals surface area contributed by atoms with Gasteiger partial charge in [0.25, 0.3) is 0 Å². The molecule has 78 valence electrons. The van der Waals surface area contributed by atoms with E-state index >= 15 is 0 Å². The van der Waals surface area contributed by atoms with E-state index in [-0.39, 0.29) is 5.56 Å². The minimum Gasteiger partial charge on any atom is -0.293 e. The van der Waals surface area contributed by atoms with Gasteiger partial charge in [-0.15, -0.1) is 0 Å². The van der Waals surface area contributed by atoms with Crippen molar-refractivity contribution in [2.24, 2.45) is 10.9 Å². The first-order chi connectivity index (χ1) is 7.02. The van der Waals surface area contributed by atoms with Crippen molar-refractivity contribution in [3.05, 3.63) is 29.1 Å². The Morgan fingerprint density at radius 3 is 2.60 bits per heavy atom. The van der Waals surface area contributed by atoms with Crippen LogP contribution in [0, 0.1) is 23.4 Å². The lowest BCUT2D eigenvalue weighted by molar-refractivity contribution is 0.0961. The highest BCUT2D eigenvalue weighted by Crippen LogP contribution is 2.31. The first kappa shape index (κ1) is 9.89. The zero-order valence-corrected chi connectivity index (χ0v) is 7.72. The summed E-state index contributed by atoms with van der Waals surface area (Å²) in [6, 6.07) is 0.684. The number of carbonyl (C=O) groups excluding carboxylic acids is 1. The summed E-state index contributed by atoms with van der Waals surface area (Å²) in [5, 5.41) is 0. The second-order valence-corrected chi connectivity index (χ2v) is 3.31. The van der Waals surface area contributed by atoms with Crippen LogP contribution in [0.2, 0.25) is 0 Å². The smallest absolute Gasteiger partial charge is 0.196 e. The van der Waals surface area contributed by atoms with E-state index < -0.39 is 34.8 Å². The maximum Gasteiger partial charge on any atom is 0.196 e. The van der Waals surface area contributed by atoms with Gasteiger partial charge in [0.1, 0.15) is 5.69 Å². The molecule has 1 aliphatic rings. The standard InChI is InChI=1S/C10H6F3NO/c1-4-3-14-9-5(10(4)15)2-6(11)7(12)8(9)13/h2-4H,1H3. The molecule has 1 unspecified atom stereocenters. The van der Waals surface area contributed by atoms with Crippen LogP contribution in [0.3, 0.4) is 0 Å². The first-order valence-electron chi connectivity index (χ1n) is 4.28. The zero-order chi connectivity index (χ0) is 11.2. The molecule has 5 heteroatoms. The van der Waals surface area contributed by atoms with Crippen LogP contribution >= 0.6 is 0 Å². The minimum atomic E-state index is -1.60. The van der Waals surface area contributed by atoms with Crippen LogP contribution in [-0.2, 0) is 0 Å². The van der Waals surface area contributed by atoms with E-state index in [1.54, 1.807) is 6.92 Å². The molecule has 0 spiro atoms. The fraction of sp³-hybridized carbons (Fsp3) is 0.200. The fourth-order valence-electron chi connectivity index (χ4n) is 1.40. The highest BCUT2D eigenvalue weighted by Gasteiger charge is 2.27. The number of halogens is 3. The SMILES string of the molecule is CC1C=Nc2c(cc(F)c(F)c2F)C1=O. The third kappa shape index (κ3) is 1.35. The maximum atomic E-state index is 13.2. The van der Waals surface area contributed by atoms with Crippen molar-refractivity contribution in [3.63, 3.8) is 0 Å². The van der Waals surface area contributed by atoms with E-state index in [1.165, 1.54) is 6.21 Å². The highest BCUT2D eigenvalue weighted by atomic mass is 19.2. The van der Waals surface area contributed by atoms with Gasteiger partial charge < -0.3 is 0 Å². The minimum absolute atomic E-state index is 0.207. The number of Topliss-reactive ketones (excluding diaryl/α,β-unsaturated/α-hetero) is 1. The van der Waals surface area contributed by atoms with E-state index in [2.05, 4.69) is 4.99 Å². The summed E-state index contributed by atoms with van der Waals surface area (Å²) in [4.78, 5) is 15.1. The van der Waals surface area contributed by atoms with Crippen molar-refractivity contribution < 1.29 is 18.0 Å². The van der Waals surface area contributed by atoms with Gasteiger partial charge in [0, 0.05) is 6.21 Å². The molecule has 2 rings (SSSR count). The van der Waals surface area contributed by atoms with Gasteiger partial charge in [-0.3, -0.25) is 9.79 Å². The molecule has 0 aliphatic carbocycles. The third-order valence-electron chi connectivity index (χ3n) is 2.24. The van der Waals surface area contributed by atoms with Gasteiger partial charge in [-0.05, 0) is 6.07 Å². The Morgan fingerprint density at radius 2 is 1.93 bits per heavy atom. The van der Waals surface area contributed by atoms with Crippen LogP contribution in [0.5, 0.6) is 0 Å². The average molecular weight is 213 g/mol. The molecular weight excluding hydrogens is 207 g/mol. The molecule has 0 N–H and O–H groups in total. The van der Waals surface area contributed by atoms with Crippen molar-refractivity contribution >= 4 is 17.7 Å². The molecule has 0 aromatic heterocycles. The van der Waals surface area contributed by atoms with E-state index in [1.807, 2.05) is 0 Å². The number of carbonyl (C=O) groups is 1. The van der Waals surface area contributed by atoms with Crippen molar-refractivity contribution in [2.75, 3.05) is 0 Å². The van der Waals surface area contributed by atoms with Crippen LogP contribution in [0.1, 0.15) is 17.3 Å². The number of ketones is 1. The van der Waals surface area contributed by atoms with Crippen molar-refractivity contribution in [1.82, 2.24) is 0 Å². The highest BCUT2D eigenvalue weighted by molar-refractivity contribution is 6.12. The molecule has 1 aliphatic heterocycles. The number of hydrogen-bond donors (Lipinski definition) is 0. The van der Waals surface area contributed by atoms with Gasteiger partial charge in [-0.25, -0.2) is 13.2 Å². The predicted octanol–water partition coefficient (Wildman–Crippen LogP) is 2.64. The molecule has 1 atom stereocenters. The van der Waals surface area contributed by atoms with Crippen molar-refractivity contribution in [1.29, 1.82) is 0 Å². The molecule has 1 aromatic carbocycles. The lowest BCUT2D eigenvalue weighted by atomic mass is 9.96. The normalized spacial score (nSPS) is 19.2. The molecule has 0 amide bonds. The Bertz CT molecular complexity index is 482. The van der Waals surface area contributed by atoms with E-state index in [0.717, 1.165) is 0 Å². The Balaban J connectivity index is 2.74. The number of benzene rings is 1. The molecule has 0 radical (unpaired) electrons. The van der Waals surface area contributed by atoms with E-state index in [4.69, 9.17) is 0 Å². The molecule has 0 saturated carbocycles. The van der Waals surface area contributed by atoms with Crippen LogP contribution < -0.4 is 0 Å². The Kier molecular flexibility index (Phi) is 2.10. The summed E-state index contributed by atoms with van der Waals surface area (Å²) in [5.41, 5.74) is -0.626. The lowest BCUT2D eigenvalue weighted by Gasteiger charge is -2.14. The number of aliphatic imine (C=N–C) groups is 1. The number of nitrogens with zero attached hydrogens (tertiary/aromatic N) is 1. The van der Waals surface area contributed by atoms with Crippen molar-refractivity contribution in [3.8, 4) is 0 Å². The third-order valence-corrected chi connectivity index (χ3v) is 2.24. The largest absolute Gasteiger partial charge is 0.293 e. The maximum absolute atomic E-state index is 13.2. The second-order valence-electron chi connectivity index (χ2n) is 3.31. The number of fused-ring (bicyclic) bond motifs is 1. The Morgan fingerprint density at radius 1 is 1.27 bits per heavy atom. The summed E-state index contributed by atoms with van der Waals surface area (Å²) >= 11 is 0. The van der Waals surface area contributed by atoms with Gasteiger partial charge in [0.15, 0.2) is 23.2 Å². The summed E-state index contributed by atoms with van der Waals surface area (Å²) in [6.07, 6.45) is 1.21. The zero-order valence-electron chi connectivity index (χ0n) is 7.72. The van der Waals surface area contributed by atoms with Gasteiger partial charge in [-0.2, -0.15) is 0 Å². The molecule has 1 heterocycles. The Labute approximate surface area is 83.4 Å². The van der Waals surface area contributed by atoms with Gasteiger partial charge in [0.2, 0.25) is 0 Å². The monoisotopic (exact) mass is 213 g/mol. The molecule has 0 bridgehead atoms. The summed E-state index contributed by atoms with van der Waals surface area (Å²) in [7, 11) is 0. The van der Waals surface area contributed by atoms with E-state index in [9.17, 15) is 18.0 Å². The fourth-order valence-corrected chi connectivity index (χ4v) is 1.40. The summed E-state index contributed by atoms with van der Waals surface area (Å²) in [6.45, 7) is 1.55. The molecular formula is C10H6F3NO. The topological polar surface area (TPSA) is 29.4 Å². The average Bonchev–Trinajstić information content (AvgIpc) is 2.21. The summed E-state index contributed by atoms with van der Waals surface area (Å²) in [5.74, 6) is -5.39. The number of hydrogen-bond acceptors (Lipinski definition) is 2. The molecule has 0 saturated heterocycles. The first-order valence-corrected chi connectivity index (χ1v) is 4.28. The molecule has 15 heavy (non-hydrogen) atoms. The van der Waals surface area contributed by atoms with Crippen LogP contribution in [-0.4, -0.2) is 12.0 Å². The van der Waals surface area contributed by atoms with Gasteiger partial charge >= 0.3 is 0 Å². The second kappa shape index (κ2) is 3.18. The van der Waals surface area contributed by atoms with Crippen LogP contribution in [0.25, 0.3) is 0 Å². The van der Waals surface area contributed by atoms with Crippen LogP contribution in [0.4, 0.5) is 18.9 Å².